The van der Waals surface area contributed by atoms with E-state index in [0.717, 1.165) is 25.8 Å². The Balaban J connectivity index is 2.34. The summed E-state index contributed by atoms with van der Waals surface area (Å²) in [5, 5.41) is 3.03. The van der Waals surface area contributed by atoms with E-state index < -0.39 is 0 Å². The topological polar surface area (TPSA) is 58.4 Å². The van der Waals surface area contributed by atoms with Crippen LogP contribution < -0.4 is 11.1 Å². The van der Waals surface area contributed by atoms with E-state index >= 15 is 0 Å². The molecule has 1 amide bonds. The average Bonchev–Trinajstić information content (AvgIpc) is 2.73. The molecule has 0 aromatic heterocycles. The SMILES string of the molecule is CC(CNC(=O)C1CCCC1CN)N(C)C. The number of hydrogen-bond acceptors (Lipinski definition) is 3. The van der Waals surface area contributed by atoms with Gasteiger partial charge >= 0.3 is 0 Å². The molecule has 0 heterocycles. The number of carbonyl (C=O) groups excluding carboxylic acids is 1. The van der Waals surface area contributed by atoms with Gasteiger partial charge in [0, 0.05) is 18.5 Å². The molecule has 0 bridgehead atoms. The van der Waals surface area contributed by atoms with Crippen molar-refractivity contribution in [2.45, 2.75) is 32.2 Å². The molecule has 0 aromatic carbocycles. The summed E-state index contributed by atoms with van der Waals surface area (Å²) in [4.78, 5) is 14.1. The van der Waals surface area contributed by atoms with Crippen LogP contribution in [0, 0.1) is 11.8 Å². The zero-order valence-corrected chi connectivity index (χ0v) is 10.7. The molecule has 1 aliphatic carbocycles. The Bertz CT molecular complexity index is 230. The number of carbonyl (C=O) groups is 1. The maximum Gasteiger partial charge on any atom is 0.223 e. The monoisotopic (exact) mass is 227 g/mol. The zero-order chi connectivity index (χ0) is 12.1. The van der Waals surface area contributed by atoms with Gasteiger partial charge in [-0.25, -0.2) is 0 Å². The van der Waals surface area contributed by atoms with E-state index in [9.17, 15) is 4.79 Å². The highest BCUT2D eigenvalue weighted by Crippen LogP contribution is 2.30. The maximum absolute atomic E-state index is 12.0. The van der Waals surface area contributed by atoms with Crippen LogP contribution in [0.3, 0.4) is 0 Å². The van der Waals surface area contributed by atoms with E-state index in [1.165, 1.54) is 0 Å². The zero-order valence-electron chi connectivity index (χ0n) is 10.7. The van der Waals surface area contributed by atoms with Gasteiger partial charge in [0.25, 0.3) is 0 Å². The van der Waals surface area contributed by atoms with Gasteiger partial charge in [-0.15, -0.1) is 0 Å². The fourth-order valence-corrected chi connectivity index (χ4v) is 2.23. The lowest BCUT2D eigenvalue weighted by Crippen LogP contribution is -2.42. The van der Waals surface area contributed by atoms with Crippen molar-refractivity contribution in [1.29, 1.82) is 0 Å². The largest absolute Gasteiger partial charge is 0.354 e. The van der Waals surface area contributed by atoms with Crippen LogP contribution in [0.5, 0.6) is 0 Å². The Kier molecular flexibility index (Phi) is 5.22. The fourth-order valence-electron chi connectivity index (χ4n) is 2.23. The highest BCUT2D eigenvalue weighted by Gasteiger charge is 2.31. The second-order valence-electron chi connectivity index (χ2n) is 5.09. The third-order valence-electron chi connectivity index (χ3n) is 3.75. The molecule has 4 nitrogen and oxygen atoms in total. The molecule has 1 rings (SSSR count). The van der Waals surface area contributed by atoms with Crippen LogP contribution >= 0.6 is 0 Å². The van der Waals surface area contributed by atoms with Crippen LogP contribution in [0.1, 0.15) is 26.2 Å². The smallest absolute Gasteiger partial charge is 0.223 e. The van der Waals surface area contributed by atoms with Gasteiger partial charge in [-0.3, -0.25) is 4.79 Å². The van der Waals surface area contributed by atoms with E-state index in [1.807, 2.05) is 14.1 Å². The van der Waals surface area contributed by atoms with E-state index in [4.69, 9.17) is 5.73 Å². The molecule has 94 valence electrons. The Hall–Kier alpha value is -0.610. The summed E-state index contributed by atoms with van der Waals surface area (Å²) in [6.45, 7) is 3.47. The van der Waals surface area contributed by atoms with Crippen molar-refractivity contribution in [3.05, 3.63) is 0 Å². The molecule has 4 heteroatoms. The fraction of sp³-hybridized carbons (Fsp3) is 0.917. The number of nitrogens with one attached hydrogen (secondary N) is 1. The number of likely N-dealkylation sites (N-methyl/N-ethyl adjacent to an activating group) is 1. The van der Waals surface area contributed by atoms with Gasteiger partial charge in [-0.2, -0.15) is 0 Å². The molecular weight excluding hydrogens is 202 g/mol. The Labute approximate surface area is 98.6 Å². The first-order chi connectivity index (χ1) is 7.56. The Morgan fingerprint density at radius 1 is 1.50 bits per heavy atom. The summed E-state index contributed by atoms with van der Waals surface area (Å²) >= 11 is 0. The van der Waals surface area contributed by atoms with Gasteiger partial charge < -0.3 is 16.0 Å². The summed E-state index contributed by atoms with van der Waals surface area (Å²) in [6.07, 6.45) is 3.26. The van der Waals surface area contributed by atoms with Crippen molar-refractivity contribution in [2.24, 2.45) is 17.6 Å². The number of nitrogens with zero attached hydrogens (tertiary/aromatic N) is 1. The van der Waals surface area contributed by atoms with Gasteiger partial charge in [0.15, 0.2) is 0 Å². The minimum Gasteiger partial charge on any atom is -0.354 e. The van der Waals surface area contributed by atoms with E-state index in [2.05, 4.69) is 17.1 Å². The maximum atomic E-state index is 12.0. The van der Waals surface area contributed by atoms with Crippen LogP contribution in [0.2, 0.25) is 0 Å². The van der Waals surface area contributed by atoms with Gasteiger partial charge in [0.1, 0.15) is 0 Å². The van der Waals surface area contributed by atoms with Crippen molar-refractivity contribution >= 4 is 5.91 Å². The first-order valence-electron chi connectivity index (χ1n) is 6.20. The van der Waals surface area contributed by atoms with Crippen molar-refractivity contribution in [1.82, 2.24) is 10.2 Å². The highest BCUT2D eigenvalue weighted by molar-refractivity contribution is 5.79. The van der Waals surface area contributed by atoms with Gasteiger partial charge in [-0.1, -0.05) is 6.42 Å². The summed E-state index contributed by atoms with van der Waals surface area (Å²) in [6, 6.07) is 0.377. The summed E-state index contributed by atoms with van der Waals surface area (Å²) in [5.74, 6) is 0.746. The van der Waals surface area contributed by atoms with Crippen LogP contribution in [0.15, 0.2) is 0 Å². The normalized spacial score (nSPS) is 27.1. The molecular formula is C12H25N3O. The predicted octanol–water partition coefficient (Wildman–Crippen LogP) is 0.428. The molecule has 0 spiro atoms. The minimum atomic E-state index is 0.152. The van der Waals surface area contributed by atoms with Gasteiger partial charge in [0.2, 0.25) is 5.91 Å². The lowest BCUT2D eigenvalue weighted by Gasteiger charge is -2.22. The first kappa shape index (κ1) is 13.5. The standard InChI is InChI=1S/C12H25N3O/c1-9(15(2)3)8-14-12(16)11-6-4-5-10(11)7-13/h9-11H,4-8,13H2,1-3H3,(H,14,16). The lowest BCUT2D eigenvalue weighted by atomic mass is 9.95. The highest BCUT2D eigenvalue weighted by atomic mass is 16.1. The number of amides is 1. The van der Waals surface area contributed by atoms with E-state index in [1.54, 1.807) is 0 Å². The van der Waals surface area contributed by atoms with Crippen molar-refractivity contribution in [2.75, 3.05) is 27.2 Å². The molecule has 1 fully saturated rings. The van der Waals surface area contributed by atoms with Gasteiger partial charge in [0.05, 0.1) is 0 Å². The molecule has 0 aliphatic heterocycles. The third-order valence-corrected chi connectivity index (χ3v) is 3.75. The van der Waals surface area contributed by atoms with Crippen LogP contribution in [-0.4, -0.2) is 44.0 Å². The van der Waals surface area contributed by atoms with E-state index in [0.29, 0.717) is 18.5 Å². The van der Waals surface area contributed by atoms with Crippen LogP contribution in [0.25, 0.3) is 0 Å². The van der Waals surface area contributed by atoms with Gasteiger partial charge in [-0.05, 0) is 46.3 Å². The summed E-state index contributed by atoms with van der Waals surface area (Å²) in [5.41, 5.74) is 5.68. The average molecular weight is 227 g/mol. The lowest BCUT2D eigenvalue weighted by molar-refractivity contribution is -0.126. The van der Waals surface area contributed by atoms with Crippen molar-refractivity contribution < 1.29 is 4.79 Å². The number of rotatable bonds is 5. The molecule has 0 aromatic rings. The molecule has 3 atom stereocenters. The third kappa shape index (κ3) is 3.46. The summed E-state index contributed by atoms with van der Waals surface area (Å²) < 4.78 is 0. The number of nitrogens with two attached hydrogens (primary N) is 1. The minimum absolute atomic E-state index is 0.152. The Morgan fingerprint density at radius 3 is 2.75 bits per heavy atom. The second-order valence-corrected chi connectivity index (χ2v) is 5.09. The molecule has 16 heavy (non-hydrogen) atoms. The molecule has 0 saturated heterocycles. The predicted molar refractivity (Wildman–Crippen MR) is 66.0 cm³/mol. The molecule has 3 N–H and O–H groups in total. The van der Waals surface area contributed by atoms with Crippen molar-refractivity contribution in [3.63, 3.8) is 0 Å². The first-order valence-corrected chi connectivity index (χ1v) is 6.20. The van der Waals surface area contributed by atoms with Crippen molar-refractivity contribution in [3.8, 4) is 0 Å². The number of hydrogen-bond donors (Lipinski definition) is 2. The quantitative estimate of drug-likeness (QED) is 0.716. The van der Waals surface area contributed by atoms with E-state index in [-0.39, 0.29) is 11.8 Å². The molecule has 3 unspecified atom stereocenters. The molecule has 1 saturated carbocycles. The van der Waals surface area contributed by atoms with Crippen LogP contribution in [-0.2, 0) is 4.79 Å². The second kappa shape index (κ2) is 6.21. The molecule has 0 radical (unpaired) electrons. The summed E-state index contributed by atoms with van der Waals surface area (Å²) in [7, 11) is 4.05. The Morgan fingerprint density at radius 2 is 2.19 bits per heavy atom. The van der Waals surface area contributed by atoms with Crippen LogP contribution in [0.4, 0.5) is 0 Å². The molecule has 1 aliphatic rings.